The molecule has 16 heavy (non-hydrogen) atoms. The van der Waals surface area contributed by atoms with E-state index < -0.39 is 0 Å². The van der Waals surface area contributed by atoms with Crippen LogP contribution in [0.3, 0.4) is 0 Å². The molecular weight excluding hydrogens is 202 g/mol. The SMILES string of the molecule is COc1ccc(CNc2cnccn2)cc1. The van der Waals surface area contributed by atoms with Gasteiger partial charge in [-0.1, -0.05) is 12.1 Å². The normalized spacial score (nSPS) is 9.81. The predicted octanol–water partition coefficient (Wildman–Crippen LogP) is 2.10. The lowest BCUT2D eigenvalue weighted by atomic mass is 10.2. The van der Waals surface area contributed by atoms with Gasteiger partial charge in [-0.05, 0) is 17.7 Å². The van der Waals surface area contributed by atoms with Crippen molar-refractivity contribution in [1.82, 2.24) is 9.97 Å². The van der Waals surface area contributed by atoms with Crippen LogP contribution in [0, 0.1) is 0 Å². The molecule has 1 heterocycles. The van der Waals surface area contributed by atoms with E-state index in [1.165, 1.54) is 5.56 Å². The van der Waals surface area contributed by atoms with E-state index in [1.54, 1.807) is 25.7 Å². The highest BCUT2D eigenvalue weighted by Gasteiger charge is 1.95. The first kappa shape index (κ1) is 10.4. The van der Waals surface area contributed by atoms with Crippen LogP contribution in [0.15, 0.2) is 42.9 Å². The van der Waals surface area contributed by atoms with Gasteiger partial charge in [-0.2, -0.15) is 0 Å². The highest BCUT2D eigenvalue weighted by atomic mass is 16.5. The molecule has 0 aliphatic carbocycles. The second-order valence-electron chi connectivity index (χ2n) is 3.29. The van der Waals surface area contributed by atoms with E-state index in [-0.39, 0.29) is 0 Å². The van der Waals surface area contributed by atoms with E-state index in [0.29, 0.717) is 0 Å². The van der Waals surface area contributed by atoms with Gasteiger partial charge >= 0.3 is 0 Å². The number of hydrogen-bond acceptors (Lipinski definition) is 4. The largest absolute Gasteiger partial charge is 0.497 e. The molecule has 0 saturated heterocycles. The molecule has 0 amide bonds. The first-order chi connectivity index (χ1) is 7.88. The summed E-state index contributed by atoms with van der Waals surface area (Å²) in [6.07, 6.45) is 5.01. The Morgan fingerprint density at radius 2 is 2.00 bits per heavy atom. The first-order valence-electron chi connectivity index (χ1n) is 5.01. The minimum atomic E-state index is 0.725. The van der Waals surface area contributed by atoms with Crippen molar-refractivity contribution in [2.45, 2.75) is 6.54 Å². The molecule has 0 spiro atoms. The summed E-state index contributed by atoms with van der Waals surface area (Å²) in [7, 11) is 1.66. The van der Waals surface area contributed by atoms with Gasteiger partial charge in [0.2, 0.25) is 0 Å². The Labute approximate surface area is 94.3 Å². The van der Waals surface area contributed by atoms with E-state index in [9.17, 15) is 0 Å². The lowest BCUT2D eigenvalue weighted by Gasteiger charge is -2.05. The van der Waals surface area contributed by atoms with E-state index >= 15 is 0 Å². The van der Waals surface area contributed by atoms with E-state index in [0.717, 1.165) is 18.1 Å². The molecule has 2 aromatic rings. The number of methoxy groups -OCH3 is 1. The third-order valence-corrected chi connectivity index (χ3v) is 2.20. The van der Waals surface area contributed by atoms with Crippen molar-refractivity contribution in [2.24, 2.45) is 0 Å². The summed E-state index contributed by atoms with van der Waals surface area (Å²) in [5.74, 6) is 1.64. The summed E-state index contributed by atoms with van der Waals surface area (Å²) in [5.41, 5.74) is 1.17. The van der Waals surface area contributed by atoms with Gasteiger partial charge in [0.1, 0.15) is 11.6 Å². The van der Waals surface area contributed by atoms with Crippen LogP contribution in [0.1, 0.15) is 5.56 Å². The van der Waals surface area contributed by atoms with Crippen molar-refractivity contribution >= 4 is 5.82 Å². The quantitative estimate of drug-likeness (QED) is 0.848. The van der Waals surface area contributed by atoms with Gasteiger partial charge in [0, 0.05) is 18.9 Å². The highest BCUT2D eigenvalue weighted by molar-refractivity contribution is 5.33. The second-order valence-corrected chi connectivity index (χ2v) is 3.29. The Balaban J connectivity index is 1.94. The molecule has 1 aromatic carbocycles. The summed E-state index contributed by atoms with van der Waals surface area (Å²) in [6, 6.07) is 7.91. The Hall–Kier alpha value is -2.10. The van der Waals surface area contributed by atoms with Crippen LogP contribution in [0.4, 0.5) is 5.82 Å². The monoisotopic (exact) mass is 215 g/mol. The molecule has 4 nitrogen and oxygen atoms in total. The summed E-state index contributed by atoms with van der Waals surface area (Å²) in [4.78, 5) is 8.11. The molecule has 4 heteroatoms. The van der Waals surface area contributed by atoms with Crippen LogP contribution in [0.25, 0.3) is 0 Å². The number of benzene rings is 1. The summed E-state index contributed by atoms with van der Waals surface area (Å²) < 4.78 is 5.09. The molecule has 82 valence electrons. The van der Waals surface area contributed by atoms with Crippen molar-refractivity contribution in [3.63, 3.8) is 0 Å². The Bertz CT molecular complexity index is 428. The maximum atomic E-state index is 5.09. The predicted molar refractivity (Wildman–Crippen MR) is 62.4 cm³/mol. The van der Waals surface area contributed by atoms with Gasteiger partial charge in [-0.25, -0.2) is 4.98 Å². The number of aromatic nitrogens is 2. The van der Waals surface area contributed by atoms with Crippen LogP contribution in [-0.2, 0) is 6.54 Å². The van der Waals surface area contributed by atoms with E-state index in [4.69, 9.17) is 4.74 Å². The van der Waals surface area contributed by atoms with Crippen LogP contribution < -0.4 is 10.1 Å². The van der Waals surface area contributed by atoms with Crippen molar-refractivity contribution < 1.29 is 4.74 Å². The van der Waals surface area contributed by atoms with Gasteiger partial charge in [0.05, 0.1) is 13.3 Å². The molecule has 1 N–H and O–H groups in total. The summed E-state index contributed by atoms with van der Waals surface area (Å²) in [6.45, 7) is 0.725. The number of rotatable bonds is 4. The zero-order chi connectivity index (χ0) is 11.2. The van der Waals surface area contributed by atoms with Crippen molar-refractivity contribution in [3.8, 4) is 5.75 Å². The van der Waals surface area contributed by atoms with E-state index in [2.05, 4.69) is 15.3 Å². The topological polar surface area (TPSA) is 47.0 Å². The van der Waals surface area contributed by atoms with Gasteiger partial charge in [0.15, 0.2) is 0 Å². The summed E-state index contributed by atoms with van der Waals surface area (Å²) in [5, 5.41) is 3.18. The van der Waals surface area contributed by atoms with Gasteiger partial charge in [0.25, 0.3) is 0 Å². The number of hydrogen-bond donors (Lipinski definition) is 1. The highest BCUT2D eigenvalue weighted by Crippen LogP contribution is 2.12. The molecule has 0 aliphatic rings. The van der Waals surface area contributed by atoms with Crippen LogP contribution in [0.5, 0.6) is 5.75 Å². The van der Waals surface area contributed by atoms with Crippen LogP contribution >= 0.6 is 0 Å². The molecule has 0 radical (unpaired) electrons. The van der Waals surface area contributed by atoms with E-state index in [1.807, 2.05) is 24.3 Å². The molecule has 1 aromatic heterocycles. The zero-order valence-corrected chi connectivity index (χ0v) is 9.05. The molecule has 2 rings (SSSR count). The fourth-order valence-corrected chi connectivity index (χ4v) is 1.33. The molecular formula is C12H13N3O. The average molecular weight is 215 g/mol. The molecule has 0 unspecified atom stereocenters. The van der Waals surface area contributed by atoms with Gasteiger partial charge in [-0.15, -0.1) is 0 Å². The molecule has 0 aliphatic heterocycles. The summed E-state index contributed by atoms with van der Waals surface area (Å²) >= 11 is 0. The minimum Gasteiger partial charge on any atom is -0.497 e. The zero-order valence-electron chi connectivity index (χ0n) is 9.05. The Kier molecular flexibility index (Phi) is 3.33. The number of ether oxygens (including phenoxy) is 1. The maximum absolute atomic E-state index is 5.09. The third-order valence-electron chi connectivity index (χ3n) is 2.20. The number of anilines is 1. The average Bonchev–Trinajstić information content (AvgIpc) is 2.38. The van der Waals surface area contributed by atoms with Crippen molar-refractivity contribution in [2.75, 3.05) is 12.4 Å². The lowest BCUT2D eigenvalue weighted by molar-refractivity contribution is 0.414. The maximum Gasteiger partial charge on any atom is 0.144 e. The molecule has 0 atom stereocenters. The van der Waals surface area contributed by atoms with Crippen molar-refractivity contribution in [1.29, 1.82) is 0 Å². The lowest BCUT2D eigenvalue weighted by Crippen LogP contribution is -2.01. The minimum absolute atomic E-state index is 0.725. The number of nitrogens with one attached hydrogen (secondary N) is 1. The smallest absolute Gasteiger partial charge is 0.144 e. The van der Waals surface area contributed by atoms with Crippen LogP contribution in [-0.4, -0.2) is 17.1 Å². The second kappa shape index (κ2) is 5.11. The van der Waals surface area contributed by atoms with Crippen LogP contribution in [0.2, 0.25) is 0 Å². The fourth-order valence-electron chi connectivity index (χ4n) is 1.33. The standard InChI is InChI=1S/C12H13N3O/c1-16-11-4-2-10(3-5-11)8-15-12-9-13-6-7-14-12/h2-7,9H,8H2,1H3,(H,14,15). The Morgan fingerprint density at radius 3 is 2.62 bits per heavy atom. The molecule has 0 bridgehead atoms. The van der Waals surface area contributed by atoms with Crippen molar-refractivity contribution in [3.05, 3.63) is 48.4 Å². The van der Waals surface area contributed by atoms with Gasteiger partial charge < -0.3 is 10.1 Å². The Morgan fingerprint density at radius 1 is 1.19 bits per heavy atom. The third kappa shape index (κ3) is 2.70. The fraction of sp³-hybridized carbons (Fsp3) is 0.167. The number of nitrogens with zero attached hydrogens (tertiary/aromatic N) is 2. The molecule has 0 fully saturated rings. The molecule has 0 saturated carbocycles. The first-order valence-corrected chi connectivity index (χ1v) is 5.01. The van der Waals surface area contributed by atoms with Gasteiger partial charge in [-0.3, -0.25) is 4.98 Å².